The van der Waals surface area contributed by atoms with Gasteiger partial charge >= 0.3 is 6.09 Å². The number of rotatable bonds is 2. The molecule has 1 amide bonds. The minimum absolute atomic E-state index is 0.0370. The van der Waals surface area contributed by atoms with Crippen LogP contribution in [0.25, 0.3) is 0 Å². The number of hydrogen-bond donors (Lipinski definition) is 1. The first-order valence-corrected chi connectivity index (χ1v) is 7.99. The van der Waals surface area contributed by atoms with Crippen LogP contribution in [0.15, 0.2) is 0 Å². The van der Waals surface area contributed by atoms with Gasteiger partial charge in [-0.25, -0.2) is 4.79 Å². The maximum absolute atomic E-state index is 12.4. The monoisotopic (exact) mass is 272 g/mol. The topological polar surface area (TPSA) is 41.6 Å². The molecule has 0 saturated carbocycles. The van der Waals surface area contributed by atoms with Crippen molar-refractivity contribution in [2.45, 2.75) is 50.8 Å². The molecule has 2 bridgehead atoms. The maximum atomic E-state index is 12.4. The van der Waals surface area contributed by atoms with Crippen LogP contribution < -0.4 is 5.32 Å². The van der Waals surface area contributed by atoms with Crippen LogP contribution in [0, 0.1) is 0 Å². The number of thioether (sulfide) groups is 1. The van der Waals surface area contributed by atoms with Gasteiger partial charge in [-0.05, 0) is 39.9 Å². The lowest BCUT2D eigenvalue weighted by Crippen LogP contribution is -2.64. The summed E-state index contributed by atoms with van der Waals surface area (Å²) in [6.07, 6.45) is 4.14. The summed E-state index contributed by atoms with van der Waals surface area (Å²) in [4.78, 5) is 14.4. The lowest BCUT2D eigenvalue weighted by molar-refractivity contribution is -0.00510. The smallest absolute Gasteiger partial charge is 0.411 e. The summed E-state index contributed by atoms with van der Waals surface area (Å²) in [6, 6.07) is 0.306. The van der Waals surface area contributed by atoms with Crippen molar-refractivity contribution in [2.24, 2.45) is 0 Å². The first kappa shape index (κ1) is 14.0. The van der Waals surface area contributed by atoms with E-state index in [0.717, 1.165) is 31.7 Å². The predicted octanol–water partition coefficient (Wildman–Crippen LogP) is 2.09. The minimum Gasteiger partial charge on any atom is -0.444 e. The Hall–Kier alpha value is -0.420. The van der Waals surface area contributed by atoms with E-state index in [4.69, 9.17) is 4.74 Å². The normalized spacial score (nSPS) is 31.6. The van der Waals surface area contributed by atoms with E-state index in [1.54, 1.807) is 0 Å². The van der Waals surface area contributed by atoms with Gasteiger partial charge in [0.15, 0.2) is 0 Å². The fraction of sp³-hybridized carbons (Fsp3) is 0.923. The molecule has 4 nitrogen and oxygen atoms in total. The molecule has 0 spiro atoms. The van der Waals surface area contributed by atoms with Gasteiger partial charge in [0, 0.05) is 24.9 Å². The Morgan fingerprint density at radius 2 is 2.28 bits per heavy atom. The Balaban J connectivity index is 2.16. The SMILES string of the molecule is CSCC12CCC(CNC1)N2C(=O)OC(C)(C)C. The molecule has 2 saturated heterocycles. The molecule has 2 heterocycles. The van der Waals surface area contributed by atoms with Gasteiger partial charge in [-0.2, -0.15) is 11.8 Å². The zero-order valence-corrected chi connectivity index (χ0v) is 12.6. The lowest BCUT2D eigenvalue weighted by Gasteiger charge is -2.45. The van der Waals surface area contributed by atoms with E-state index in [-0.39, 0.29) is 11.6 Å². The highest BCUT2D eigenvalue weighted by Crippen LogP contribution is 2.39. The van der Waals surface area contributed by atoms with Crippen molar-refractivity contribution in [3.05, 3.63) is 0 Å². The molecule has 2 unspecified atom stereocenters. The van der Waals surface area contributed by atoms with E-state index < -0.39 is 5.60 Å². The standard InChI is InChI=1S/C13H24N2O2S/c1-12(2,3)17-11(16)15-10-5-6-13(15,9-18-4)8-14-7-10/h10,14H,5-9H2,1-4H3. The van der Waals surface area contributed by atoms with Crippen LogP contribution >= 0.6 is 11.8 Å². The average Bonchev–Trinajstić information content (AvgIpc) is 2.44. The second kappa shape index (κ2) is 4.93. The quantitative estimate of drug-likeness (QED) is 0.836. The van der Waals surface area contributed by atoms with E-state index in [1.165, 1.54) is 0 Å². The number of piperazine rings is 1. The average molecular weight is 272 g/mol. The molecule has 0 aliphatic carbocycles. The molecule has 2 rings (SSSR count). The summed E-state index contributed by atoms with van der Waals surface area (Å²) < 4.78 is 5.58. The van der Waals surface area contributed by atoms with Gasteiger partial charge in [-0.15, -0.1) is 0 Å². The second-order valence-corrected chi connectivity index (χ2v) is 7.20. The van der Waals surface area contributed by atoms with Gasteiger partial charge in [0.25, 0.3) is 0 Å². The molecule has 18 heavy (non-hydrogen) atoms. The molecule has 2 aliphatic heterocycles. The van der Waals surface area contributed by atoms with E-state index in [2.05, 4.69) is 11.6 Å². The van der Waals surface area contributed by atoms with Crippen molar-refractivity contribution in [3.8, 4) is 0 Å². The molecule has 104 valence electrons. The Morgan fingerprint density at radius 1 is 1.56 bits per heavy atom. The summed E-state index contributed by atoms with van der Waals surface area (Å²) in [5.41, 5.74) is -0.452. The number of nitrogens with one attached hydrogen (secondary N) is 1. The van der Waals surface area contributed by atoms with Gasteiger partial charge in [0.2, 0.25) is 0 Å². The van der Waals surface area contributed by atoms with Gasteiger partial charge in [0.1, 0.15) is 5.60 Å². The number of carbonyl (C=O) groups is 1. The van der Waals surface area contributed by atoms with Crippen molar-refractivity contribution in [3.63, 3.8) is 0 Å². The first-order valence-electron chi connectivity index (χ1n) is 6.60. The van der Waals surface area contributed by atoms with Crippen LogP contribution in [0.4, 0.5) is 4.79 Å². The predicted molar refractivity (Wildman–Crippen MR) is 75.1 cm³/mol. The Bertz CT molecular complexity index is 320. The van der Waals surface area contributed by atoms with Gasteiger partial charge in [0.05, 0.1) is 5.54 Å². The summed E-state index contributed by atoms with van der Waals surface area (Å²) in [6.45, 7) is 7.57. The molecule has 2 atom stereocenters. The number of carbonyl (C=O) groups excluding carboxylic acids is 1. The van der Waals surface area contributed by atoms with Crippen LogP contribution in [0.2, 0.25) is 0 Å². The van der Waals surface area contributed by atoms with E-state index in [1.807, 2.05) is 37.4 Å². The molecular weight excluding hydrogens is 248 g/mol. The molecule has 0 aromatic rings. The van der Waals surface area contributed by atoms with Crippen LogP contribution in [0.1, 0.15) is 33.6 Å². The van der Waals surface area contributed by atoms with Crippen LogP contribution in [0.3, 0.4) is 0 Å². The van der Waals surface area contributed by atoms with Crippen LogP contribution in [-0.2, 0) is 4.74 Å². The van der Waals surface area contributed by atoms with Gasteiger partial charge < -0.3 is 10.1 Å². The molecule has 1 N–H and O–H groups in total. The molecule has 2 aliphatic rings. The number of fused-ring (bicyclic) bond motifs is 2. The van der Waals surface area contributed by atoms with E-state index in [9.17, 15) is 4.79 Å². The number of amides is 1. The van der Waals surface area contributed by atoms with Crippen molar-refractivity contribution in [1.82, 2.24) is 10.2 Å². The zero-order chi connectivity index (χ0) is 13.4. The summed E-state index contributed by atoms with van der Waals surface area (Å²) in [7, 11) is 0. The van der Waals surface area contributed by atoms with E-state index in [0.29, 0.717) is 6.04 Å². The molecule has 5 heteroatoms. The van der Waals surface area contributed by atoms with Gasteiger partial charge in [-0.1, -0.05) is 0 Å². The van der Waals surface area contributed by atoms with Crippen molar-refractivity contribution in [1.29, 1.82) is 0 Å². The lowest BCUT2D eigenvalue weighted by atomic mass is 9.99. The molecule has 2 fully saturated rings. The summed E-state index contributed by atoms with van der Waals surface area (Å²) >= 11 is 1.81. The summed E-state index contributed by atoms with van der Waals surface area (Å²) in [5.74, 6) is 0.982. The highest BCUT2D eigenvalue weighted by Gasteiger charge is 2.52. The third-order valence-electron chi connectivity index (χ3n) is 3.66. The number of hydrogen-bond acceptors (Lipinski definition) is 4. The van der Waals surface area contributed by atoms with Crippen molar-refractivity contribution >= 4 is 17.9 Å². The highest BCUT2D eigenvalue weighted by molar-refractivity contribution is 7.98. The Kier molecular flexibility index (Phi) is 3.83. The Labute approximate surface area is 114 Å². The van der Waals surface area contributed by atoms with Crippen LogP contribution in [0.5, 0.6) is 0 Å². The molecule has 0 radical (unpaired) electrons. The maximum Gasteiger partial charge on any atom is 0.411 e. The fourth-order valence-corrected chi connectivity index (χ4v) is 3.95. The third-order valence-corrected chi connectivity index (χ3v) is 4.48. The molecular formula is C13H24N2O2S. The van der Waals surface area contributed by atoms with Crippen LogP contribution in [-0.4, -0.2) is 53.3 Å². The largest absolute Gasteiger partial charge is 0.444 e. The van der Waals surface area contributed by atoms with Crippen molar-refractivity contribution in [2.75, 3.05) is 25.1 Å². The first-order chi connectivity index (χ1) is 8.38. The summed E-state index contributed by atoms with van der Waals surface area (Å²) in [5, 5.41) is 3.46. The fourth-order valence-electron chi connectivity index (χ4n) is 3.03. The minimum atomic E-state index is -0.415. The second-order valence-electron chi connectivity index (χ2n) is 6.33. The molecule has 0 aromatic heterocycles. The molecule has 0 aromatic carbocycles. The number of ether oxygens (including phenoxy) is 1. The van der Waals surface area contributed by atoms with Crippen molar-refractivity contribution < 1.29 is 9.53 Å². The Morgan fingerprint density at radius 3 is 2.89 bits per heavy atom. The highest BCUT2D eigenvalue weighted by atomic mass is 32.2. The van der Waals surface area contributed by atoms with Gasteiger partial charge in [-0.3, -0.25) is 4.90 Å². The third kappa shape index (κ3) is 2.62. The van der Waals surface area contributed by atoms with E-state index >= 15 is 0 Å². The number of nitrogens with zero attached hydrogens (tertiary/aromatic N) is 1. The zero-order valence-electron chi connectivity index (χ0n) is 11.8.